The SMILES string of the molecule is CCNc1ccc(C(=O)N2CC(C)CC2C)cc1C. The number of nitrogens with zero attached hydrogens (tertiary/aromatic N) is 1. The van der Waals surface area contributed by atoms with E-state index in [1.54, 1.807) is 0 Å². The monoisotopic (exact) mass is 260 g/mol. The second kappa shape index (κ2) is 5.64. The third-order valence-corrected chi connectivity index (χ3v) is 3.89. The molecule has 0 aromatic heterocycles. The van der Waals surface area contributed by atoms with Gasteiger partial charge in [0.05, 0.1) is 0 Å². The first-order valence-corrected chi connectivity index (χ1v) is 7.18. The fourth-order valence-corrected chi connectivity index (χ4v) is 2.93. The minimum atomic E-state index is 0.169. The number of carbonyl (C=O) groups excluding carboxylic acids is 1. The van der Waals surface area contributed by atoms with Crippen LogP contribution in [0.25, 0.3) is 0 Å². The van der Waals surface area contributed by atoms with Gasteiger partial charge >= 0.3 is 0 Å². The third-order valence-electron chi connectivity index (χ3n) is 3.89. The molecule has 1 heterocycles. The van der Waals surface area contributed by atoms with Gasteiger partial charge in [0.1, 0.15) is 0 Å². The molecule has 1 aromatic rings. The maximum Gasteiger partial charge on any atom is 0.254 e. The minimum Gasteiger partial charge on any atom is -0.385 e. The van der Waals surface area contributed by atoms with Gasteiger partial charge in [0, 0.05) is 30.4 Å². The average Bonchev–Trinajstić information content (AvgIpc) is 2.70. The van der Waals surface area contributed by atoms with E-state index in [9.17, 15) is 4.79 Å². The van der Waals surface area contributed by atoms with Crippen molar-refractivity contribution >= 4 is 11.6 Å². The van der Waals surface area contributed by atoms with E-state index in [0.717, 1.165) is 36.3 Å². The summed E-state index contributed by atoms with van der Waals surface area (Å²) in [5.41, 5.74) is 3.05. The average molecular weight is 260 g/mol. The van der Waals surface area contributed by atoms with E-state index in [-0.39, 0.29) is 5.91 Å². The zero-order valence-corrected chi connectivity index (χ0v) is 12.4. The molecular weight excluding hydrogens is 236 g/mol. The zero-order chi connectivity index (χ0) is 14.0. The lowest BCUT2D eigenvalue weighted by molar-refractivity contribution is 0.0743. The van der Waals surface area contributed by atoms with E-state index in [1.807, 2.05) is 30.0 Å². The van der Waals surface area contributed by atoms with Crippen LogP contribution in [0.4, 0.5) is 5.69 Å². The first-order valence-electron chi connectivity index (χ1n) is 7.18. The number of anilines is 1. The molecule has 19 heavy (non-hydrogen) atoms. The highest BCUT2D eigenvalue weighted by Gasteiger charge is 2.30. The summed E-state index contributed by atoms with van der Waals surface area (Å²) in [6.07, 6.45) is 1.11. The molecule has 1 fully saturated rings. The molecule has 0 spiro atoms. The van der Waals surface area contributed by atoms with Crippen molar-refractivity contribution in [3.05, 3.63) is 29.3 Å². The molecule has 1 amide bonds. The van der Waals surface area contributed by atoms with Crippen molar-refractivity contribution in [3.63, 3.8) is 0 Å². The lowest BCUT2D eigenvalue weighted by atomic mass is 10.1. The molecule has 1 aliphatic heterocycles. The summed E-state index contributed by atoms with van der Waals surface area (Å²) in [5, 5.41) is 3.30. The summed E-state index contributed by atoms with van der Waals surface area (Å²) < 4.78 is 0. The molecule has 0 aliphatic carbocycles. The minimum absolute atomic E-state index is 0.169. The number of nitrogens with one attached hydrogen (secondary N) is 1. The van der Waals surface area contributed by atoms with Crippen molar-refractivity contribution < 1.29 is 4.79 Å². The number of carbonyl (C=O) groups is 1. The van der Waals surface area contributed by atoms with E-state index in [2.05, 4.69) is 26.1 Å². The molecule has 0 radical (unpaired) electrons. The molecular formula is C16H24N2O. The van der Waals surface area contributed by atoms with Crippen LogP contribution in [0.3, 0.4) is 0 Å². The summed E-state index contributed by atoms with van der Waals surface area (Å²) in [5.74, 6) is 0.782. The Morgan fingerprint density at radius 1 is 1.42 bits per heavy atom. The molecule has 104 valence electrons. The number of hydrogen-bond acceptors (Lipinski definition) is 2. The van der Waals surface area contributed by atoms with Gasteiger partial charge in [-0.2, -0.15) is 0 Å². The van der Waals surface area contributed by atoms with E-state index < -0.39 is 0 Å². The van der Waals surface area contributed by atoms with Crippen molar-refractivity contribution in [2.75, 3.05) is 18.4 Å². The standard InChI is InChI=1S/C16H24N2O/c1-5-17-15-7-6-14(9-12(15)3)16(19)18-10-11(2)8-13(18)4/h6-7,9,11,13,17H,5,8,10H2,1-4H3. The van der Waals surface area contributed by atoms with Gasteiger partial charge in [-0.05, 0) is 56.9 Å². The molecule has 2 atom stereocenters. The number of amides is 1. The summed E-state index contributed by atoms with van der Waals surface area (Å²) in [4.78, 5) is 14.5. The van der Waals surface area contributed by atoms with Gasteiger partial charge in [-0.15, -0.1) is 0 Å². The quantitative estimate of drug-likeness (QED) is 0.904. The van der Waals surface area contributed by atoms with E-state index in [0.29, 0.717) is 12.0 Å². The maximum absolute atomic E-state index is 12.5. The topological polar surface area (TPSA) is 32.3 Å². The van der Waals surface area contributed by atoms with Crippen molar-refractivity contribution in [1.29, 1.82) is 0 Å². The van der Waals surface area contributed by atoms with Gasteiger partial charge in [0.25, 0.3) is 5.91 Å². The Morgan fingerprint density at radius 2 is 2.16 bits per heavy atom. The largest absolute Gasteiger partial charge is 0.385 e. The molecule has 1 aromatic carbocycles. The van der Waals surface area contributed by atoms with Gasteiger partial charge < -0.3 is 10.2 Å². The number of rotatable bonds is 3. The van der Waals surface area contributed by atoms with Gasteiger partial charge in [-0.1, -0.05) is 6.92 Å². The molecule has 3 heteroatoms. The smallest absolute Gasteiger partial charge is 0.254 e. The van der Waals surface area contributed by atoms with Gasteiger partial charge in [0.2, 0.25) is 0 Å². The fourth-order valence-electron chi connectivity index (χ4n) is 2.93. The molecule has 2 unspecified atom stereocenters. The lowest BCUT2D eigenvalue weighted by Crippen LogP contribution is -2.34. The Balaban J connectivity index is 2.18. The second-order valence-electron chi connectivity index (χ2n) is 5.71. The van der Waals surface area contributed by atoms with Crippen LogP contribution < -0.4 is 5.32 Å². The Morgan fingerprint density at radius 3 is 2.68 bits per heavy atom. The second-order valence-corrected chi connectivity index (χ2v) is 5.71. The predicted octanol–water partition coefficient (Wildman–Crippen LogP) is 3.30. The van der Waals surface area contributed by atoms with Crippen LogP contribution in [-0.4, -0.2) is 29.9 Å². The van der Waals surface area contributed by atoms with Crippen LogP contribution in [0.1, 0.15) is 43.1 Å². The van der Waals surface area contributed by atoms with Crippen molar-refractivity contribution in [2.24, 2.45) is 5.92 Å². The Kier molecular flexibility index (Phi) is 4.13. The Labute approximate surface area is 116 Å². The summed E-state index contributed by atoms with van der Waals surface area (Å²) >= 11 is 0. The van der Waals surface area contributed by atoms with E-state index in [1.165, 1.54) is 0 Å². The lowest BCUT2D eigenvalue weighted by Gasteiger charge is -2.22. The Bertz CT molecular complexity index is 470. The highest BCUT2D eigenvalue weighted by Crippen LogP contribution is 2.25. The van der Waals surface area contributed by atoms with Gasteiger partial charge in [-0.3, -0.25) is 4.79 Å². The number of benzene rings is 1. The molecule has 1 N–H and O–H groups in total. The number of aryl methyl sites for hydroxylation is 1. The van der Waals surface area contributed by atoms with Crippen LogP contribution in [-0.2, 0) is 0 Å². The van der Waals surface area contributed by atoms with E-state index in [4.69, 9.17) is 0 Å². The van der Waals surface area contributed by atoms with Crippen LogP contribution in [0.5, 0.6) is 0 Å². The van der Waals surface area contributed by atoms with Crippen LogP contribution in [0.2, 0.25) is 0 Å². The Hall–Kier alpha value is -1.51. The first-order chi connectivity index (χ1) is 9.02. The fraction of sp³-hybridized carbons (Fsp3) is 0.562. The molecule has 0 saturated carbocycles. The van der Waals surface area contributed by atoms with Crippen molar-refractivity contribution in [2.45, 2.75) is 40.2 Å². The highest BCUT2D eigenvalue weighted by atomic mass is 16.2. The van der Waals surface area contributed by atoms with Gasteiger partial charge in [-0.25, -0.2) is 0 Å². The van der Waals surface area contributed by atoms with Gasteiger partial charge in [0.15, 0.2) is 0 Å². The molecule has 1 saturated heterocycles. The predicted molar refractivity (Wildman–Crippen MR) is 79.6 cm³/mol. The van der Waals surface area contributed by atoms with Crippen molar-refractivity contribution in [1.82, 2.24) is 4.90 Å². The van der Waals surface area contributed by atoms with Crippen LogP contribution >= 0.6 is 0 Å². The van der Waals surface area contributed by atoms with Crippen LogP contribution in [0, 0.1) is 12.8 Å². The van der Waals surface area contributed by atoms with E-state index >= 15 is 0 Å². The third kappa shape index (κ3) is 2.91. The summed E-state index contributed by atoms with van der Waals surface area (Å²) in [6, 6.07) is 6.30. The number of likely N-dealkylation sites (tertiary alicyclic amines) is 1. The first kappa shape index (κ1) is 13.9. The molecule has 2 rings (SSSR count). The molecule has 0 bridgehead atoms. The summed E-state index contributed by atoms with van der Waals surface area (Å²) in [6.45, 7) is 10.3. The maximum atomic E-state index is 12.5. The van der Waals surface area contributed by atoms with Crippen LogP contribution in [0.15, 0.2) is 18.2 Å². The normalized spacial score (nSPS) is 22.6. The summed E-state index contributed by atoms with van der Waals surface area (Å²) in [7, 11) is 0. The van der Waals surface area contributed by atoms with Crippen molar-refractivity contribution in [3.8, 4) is 0 Å². The molecule has 3 nitrogen and oxygen atoms in total. The number of hydrogen-bond donors (Lipinski definition) is 1. The highest BCUT2D eigenvalue weighted by molar-refractivity contribution is 5.95. The zero-order valence-electron chi connectivity index (χ0n) is 12.4. The molecule has 1 aliphatic rings.